The molecule has 0 spiro atoms. The quantitative estimate of drug-likeness (QED) is 0.545. The Morgan fingerprint density at radius 3 is 2.50 bits per heavy atom. The molecule has 0 fully saturated rings. The standard InChI is InChI=1S/C7H3Cl3OS/c8-4-1-2-6(5(9)3-4)11-7(10)12/h1-3H. The number of benzene rings is 1. The fraction of sp³-hybridized carbons (Fsp3) is 0. The van der Waals surface area contributed by atoms with E-state index in [0.717, 1.165) is 0 Å². The van der Waals surface area contributed by atoms with Gasteiger partial charge in [0.25, 0.3) is 4.51 Å². The van der Waals surface area contributed by atoms with E-state index in [1.165, 1.54) is 0 Å². The summed E-state index contributed by atoms with van der Waals surface area (Å²) >= 11 is 21.3. The Labute approximate surface area is 90.2 Å². The van der Waals surface area contributed by atoms with Crippen LogP contribution in [0.5, 0.6) is 5.75 Å². The number of halogens is 3. The summed E-state index contributed by atoms with van der Waals surface area (Å²) in [6.45, 7) is 0. The molecule has 1 nitrogen and oxygen atoms in total. The van der Waals surface area contributed by atoms with Crippen molar-refractivity contribution in [3.8, 4) is 5.75 Å². The van der Waals surface area contributed by atoms with Gasteiger partial charge in [-0.1, -0.05) is 23.2 Å². The molecule has 12 heavy (non-hydrogen) atoms. The fourth-order valence-corrected chi connectivity index (χ4v) is 1.26. The first kappa shape index (κ1) is 10.1. The molecule has 0 atom stereocenters. The molecule has 0 amide bonds. The van der Waals surface area contributed by atoms with Crippen LogP contribution >= 0.6 is 47.0 Å². The number of hydrogen-bond acceptors (Lipinski definition) is 2. The molecule has 1 rings (SSSR count). The third-order valence-electron chi connectivity index (χ3n) is 1.08. The normalized spacial score (nSPS) is 9.58. The lowest BCUT2D eigenvalue weighted by Crippen LogP contribution is -1.95. The lowest BCUT2D eigenvalue weighted by Gasteiger charge is -2.03. The van der Waals surface area contributed by atoms with Crippen LogP contribution in [0.2, 0.25) is 10.0 Å². The second-order valence-electron chi connectivity index (χ2n) is 1.91. The van der Waals surface area contributed by atoms with Gasteiger partial charge in [0.1, 0.15) is 5.75 Å². The molecule has 0 radical (unpaired) electrons. The van der Waals surface area contributed by atoms with Crippen LogP contribution in [0.15, 0.2) is 18.2 Å². The van der Waals surface area contributed by atoms with Crippen LogP contribution in [0.4, 0.5) is 0 Å². The van der Waals surface area contributed by atoms with Crippen molar-refractivity contribution < 1.29 is 4.74 Å². The van der Waals surface area contributed by atoms with Gasteiger partial charge in [0, 0.05) is 5.02 Å². The lowest BCUT2D eigenvalue weighted by molar-refractivity contribution is 0.578. The number of rotatable bonds is 1. The maximum absolute atomic E-state index is 5.75. The second kappa shape index (κ2) is 4.28. The van der Waals surface area contributed by atoms with Crippen LogP contribution in [-0.2, 0) is 0 Å². The fourth-order valence-electron chi connectivity index (χ4n) is 0.644. The minimum atomic E-state index is -0.0979. The van der Waals surface area contributed by atoms with Crippen LogP contribution in [0.1, 0.15) is 0 Å². The summed E-state index contributed by atoms with van der Waals surface area (Å²) in [4.78, 5) is 0. The molecule has 0 saturated carbocycles. The average Bonchev–Trinajstić information content (AvgIpc) is 1.94. The predicted molar refractivity (Wildman–Crippen MR) is 55.5 cm³/mol. The Bertz CT molecular complexity index is 314. The van der Waals surface area contributed by atoms with Crippen LogP contribution in [0, 0.1) is 0 Å². The molecule has 0 N–H and O–H groups in total. The van der Waals surface area contributed by atoms with Crippen molar-refractivity contribution in [1.82, 2.24) is 0 Å². The Hall–Kier alpha value is -0.0200. The van der Waals surface area contributed by atoms with Crippen molar-refractivity contribution in [2.24, 2.45) is 0 Å². The number of hydrogen-bond donors (Lipinski definition) is 0. The Kier molecular flexibility index (Phi) is 3.59. The van der Waals surface area contributed by atoms with Gasteiger partial charge in [-0.05, 0) is 42.0 Å². The van der Waals surface area contributed by atoms with Crippen molar-refractivity contribution in [3.63, 3.8) is 0 Å². The molecule has 0 heterocycles. The summed E-state index contributed by atoms with van der Waals surface area (Å²) in [5, 5.41) is 0.915. The SMILES string of the molecule is S=C(Cl)Oc1ccc(Cl)cc1Cl. The molecule has 0 unspecified atom stereocenters. The third kappa shape index (κ3) is 2.79. The summed E-state index contributed by atoms with van der Waals surface area (Å²) in [7, 11) is 0. The van der Waals surface area contributed by atoms with E-state index in [2.05, 4.69) is 12.2 Å². The molecule has 64 valence electrons. The van der Waals surface area contributed by atoms with Crippen LogP contribution < -0.4 is 4.74 Å². The van der Waals surface area contributed by atoms with Gasteiger partial charge in [-0.15, -0.1) is 0 Å². The van der Waals surface area contributed by atoms with Gasteiger partial charge in [-0.25, -0.2) is 0 Å². The van der Waals surface area contributed by atoms with Crippen LogP contribution in [0.25, 0.3) is 0 Å². The molecule has 0 aliphatic carbocycles. The van der Waals surface area contributed by atoms with Gasteiger partial charge in [0.15, 0.2) is 0 Å². The Balaban J connectivity index is 2.93. The summed E-state index contributed by atoms with van der Waals surface area (Å²) in [6, 6.07) is 4.78. The monoisotopic (exact) mass is 240 g/mol. The topological polar surface area (TPSA) is 9.23 Å². The highest BCUT2D eigenvalue weighted by Gasteiger charge is 2.03. The highest BCUT2D eigenvalue weighted by Crippen LogP contribution is 2.27. The molecule has 0 aromatic heterocycles. The van der Waals surface area contributed by atoms with Gasteiger partial charge in [0.05, 0.1) is 5.02 Å². The summed E-state index contributed by atoms with van der Waals surface area (Å²) in [5.41, 5.74) is 0. The maximum atomic E-state index is 5.75. The van der Waals surface area contributed by atoms with Gasteiger partial charge >= 0.3 is 0 Å². The van der Waals surface area contributed by atoms with Crippen LogP contribution in [0.3, 0.4) is 0 Å². The van der Waals surface area contributed by atoms with Crippen molar-refractivity contribution in [3.05, 3.63) is 28.2 Å². The molecule has 0 bridgehead atoms. The molecule has 1 aromatic rings. The molecule has 1 aromatic carbocycles. The number of thiocarbonyl (C=S) groups is 1. The van der Waals surface area contributed by atoms with Crippen molar-refractivity contribution in [2.45, 2.75) is 0 Å². The highest BCUT2D eigenvalue weighted by molar-refractivity contribution is 7.82. The second-order valence-corrected chi connectivity index (χ2v) is 3.70. The van der Waals surface area contributed by atoms with Gasteiger partial charge in [-0.3, -0.25) is 0 Å². The third-order valence-corrected chi connectivity index (χ3v) is 1.78. The lowest BCUT2D eigenvalue weighted by atomic mass is 10.3. The maximum Gasteiger partial charge on any atom is 0.260 e. The van der Waals surface area contributed by atoms with E-state index in [1.807, 2.05) is 0 Å². The summed E-state index contributed by atoms with van der Waals surface area (Å²) < 4.78 is 4.81. The number of ether oxygens (including phenoxy) is 1. The van der Waals surface area contributed by atoms with Crippen LogP contribution in [-0.4, -0.2) is 4.51 Å². The molecular weight excluding hydrogens is 239 g/mol. The van der Waals surface area contributed by atoms with E-state index in [4.69, 9.17) is 39.5 Å². The smallest absolute Gasteiger partial charge is 0.260 e. The first-order chi connectivity index (χ1) is 5.59. The predicted octanol–water partition coefficient (Wildman–Crippen LogP) is 3.90. The summed E-state index contributed by atoms with van der Waals surface area (Å²) in [6.07, 6.45) is 0. The first-order valence-electron chi connectivity index (χ1n) is 2.92. The average molecular weight is 242 g/mol. The first-order valence-corrected chi connectivity index (χ1v) is 4.46. The van der Waals surface area contributed by atoms with Gasteiger partial charge in [0.2, 0.25) is 0 Å². The Morgan fingerprint density at radius 1 is 1.33 bits per heavy atom. The summed E-state index contributed by atoms with van der Waals surface area (Å²) in [5.74, 6) is 0.404. The van der Waals surface area contributed by atoms with E-state index in [-0.39, 0.29) is 4.51 Å². The van der Waals surface area contributed by atoms with E-state index in [0.29, 0.717) is 15.8 Å². The van der Waals surface area contributed by atoms with Crippen molar-refractivity contribution in [1.29, 1.82) is 0 Å². The Morgan fingerprint density at radius 2 is 2.00 bits per heavy atom. The molecule has 0 aliphatic heterocycles. The van der Waals surface area contributed by atoms with Crippen molar-refractivity contribution in [2.75, 3.05) is 0 Å². The molecule has 0 aliphatic rings. The van der Waals surface area contributed by atoms with E-state index >= 15 is 0 Å². The zero-order valence-electron chi connectivity index (χ0n) is 5.68. The van der Waals surface area contributed by atoms with Crippen molar-refractivity contribution >= 4 is 51.5 Å². The molecule has 5 heteroatoms. The minimum absolute atomic E-state index is 0.0979. The largest absolute Gasteiger partial charge is 0.434 e. The highest BCUT2D eigenvalue weighted by atomic mass is 35.5. The zero-order valence-corrected chi connectivity index (χ0v) is 8.77. The molecule has 0 saturated heterocycles. The minimum Gasteiger partial charge on any atom is -0.434 e. The van der Waals surface area contributed by atoms with E-state index in [9.17, 15) is 0 Å². The van der Waals surface area contributed by atoms with Gasteiger partial charge < -0.3 is 4.74 Å². The van der Waals surface area contributed by atoms with Gasteiger partial charge in [-0.2, -0.15) is 0 Å². The molecular formula is C7H3Cl3OS. The van der Waals surface area contributed by atoms with E-state index < -0.39 is 0 Å². The zero-order chi connectivity index (χ0) is 9.14. The van der Waals surface area contributed by atoms with E-state index in [1.54, 1.807) is 18.2 Å².